The van der Waals surface area contributed by atoms with Crippen molar-refractivity contribution in [2.24, 2.45) is 0 Å². The van der Waals surface area contributed by atoms with Crippen LogP contribution >= 0.6 is 0 Å². The van der Waals surface area contributed by atoms with Crippen LogP contribution in [-0.2, 0) is 15.1 Å². The van der Waals surface area contributed by atoms with Gasteiger partial charge in [0.05, 0.1) is 5.54 Å². The van der Waals surface area contributed by atoms with E-state index in [2.05, 4.69) is 10.6 Å². The number of piperidine rings is 1. The van der Waals surface area contributed by atoms with Crippen LogP contribution in [0.4, 0.5) is 23.7 Å². The van der Waals surface area contributed by atoms with Crippen LogP contribution < -0.4 is 10.6 Å². The molecule has 0 spiro atoms. The van der Waals surface area contributed by atoms with Crippen LogP contribution in [0.25, 0.3) is 0 Å². The lowest BCUT2D eigenvalue weighted by atomic mass is 9.77. The van der Waals surface area contributed by atoms with E-state index in [9.17, 15) is 22.8 Å². The smallest absolute Gasteiger partial charge is 0.412 e. The van der Waals surface area contributed by atoms with E-state index in [-0.39, 0.29) is 11.3 Å². The molecule has 1 heterocycles. The molecule has 8 heteroatoms. The zero-order chi connectivity index (χ0) is 19.9. The number of nitrogens with one attached hydrogen (secondary N) is 2. The van der Waals surface area contributed by atoms with Crippen molar-refractivity contribution < 1.29 is 27.5 Å². The summed E-state index contributed by atoms with van der Waals surface area (Å²) in [6.45, 7) is 7.31. The lowest BCUT2D eigenvalue weighted by molar-refractivity contribution is -0.142. The topological polar surface area (TPSA) is 67.4 Å². The fraction of sp³-hybridized carbons (Fsp3) is 0.556. The first-order chi connectivity index (χ1) is 11.7. The summed E-state index contributed by atoms with van der Waals surface area (Å²) in [6.07, 6.45) is -3.32. The molecule has 1 aromatic rings. The summed E-state index contributed by atoms with van der Waals surface area (Å²) in [5.74, 6) is -1.80. The average Bonchev–Trinajstić information content (AvgIpc) is 2.45. The molecule has 0 aliphatic carbocycles. The molecule has 26 heavy (non-hydrogen) atoms. The number of rotatable bonds is 2. The fourth-order valence-electron chi connectivity index (χ4n) is 2.74. The van der Waals surface area contributed by atoms with E-state index in [0.29, 0.717) is 0 Å². The SMILES string of the molecule is CC(C)(C)OC(=O)Nc1ccc(F)c([C@@]2(C)NC(=O)[C@](C)(F)C[C@@H]2F)c1. The molecule has 2 amide bonds. The minimum Gasteiger partial charge on any atom is -0.444 e. The third-order valence-electron chi connectivity index (χ3n) is 4.21. The molecule has 1 aliphatic heterocycles. The van der Waals surface area contributed by atoms with E-state index in [4.69, 9.17) is 4.74 Å². The highest BCUT2D eigenvalue weighted by Crippen LogP contribution is 2.39. The number of ether oxygens (including phenoxy) is 1. The van der Waals surface area contributed by atoms with Crippen LogP contribution in [0.5, 0.6) is 0 Å². The number of alkyl halides is 2. The quantitative estimate of drug-likeness (QED) is 0.825. The van der Waals surface area contributed by atoms with Crippen LogP contribution in [0.1, 0.15) is 46.6 Å². The summed E-state index contributed by atoms with van der Waals surface area (Å²) in [4.78, 5) is 23.8. The zero-order valence-corrected chi connectivity index (χ0v) is 15.4. The number of benzene rings is 1. The summed E-state index contributed by atoms with van der Waals surface area (Å²) in [5, 5.41) is 4.66. The third-order valence-corrected chi connectivity index (χ3v) is 4.21. The van der Waals surface area contributed by atoms with Gasteiger partial charge < -0.3 is 10.1 Å². The van der Waals surface area contributed by atoms with Gasteiger partial charge in [0, 0.05) is 17.7 Å². The van der Waals surface area contributed by atoms with Gasteiger partial charge in [-0.3, -0.25) is 10.1 Å². The summed E-state index contributed by atoms with van der Waals surface area (Å²) < 4.78 is 48.2. The second-order valence-electron chi connectivity index (χ2n) is 7.85. The highest BCUT2D eigenvalue weighted by atomic mass is 19.2. The number of carbonyl (C=O) groups is 2. The van der Waals surface area contributed by atoms with Crippen LogP contribution in [0, 0.1) is 5.82 Å². The first-order valence-corrected chi connectivity index (χ1v) is 8.20. The molecule has 0 saturated carbocycles. The lowest BCUT2D eigenvalue weighted by Crippen LogP contribution is -2.62. The summed E-state index contributed by atoms with van der Waals surface area (Å²) in [6, 6.07) is 3.52. The number of hydrogen-bond acceptors (Lipinski definition) is 3. The maximum atomic E-state index is 14.7. The second kappa shape index (κ2) is 6.48. The molecule has 0 aromatic heterocycles. The van der Waals surface area contributed by atoms with Crippen molar-refractivity contribution in [1.29, 1.82) is 0 Å². The van der Waals surface area contributed by atoms with Crippen molar-refractivity contribution in [2.75, 3.05) is 5.32 Å². The molecule has 1 saturated heterocycles. The molecule has 1 aromatic carbocycles. The number of halogens is 3. The standard InChI is InChI=1S/C18H23F3N2O3/c1-16(2,3)26-15(25)22-10-6-7-12(19)11(8-10)18(5)13(20)9-17(4,21)14(24)23-18/h6-8,13H,9H2,1-5H3,(H,22,25)(H,23,24)/t13-,17+,18+/m0/s1. The molecule has 2 N–H and O–H groups in total. The van der Waals surface area contributed by atoms with E-state index in [0.717, 1.165) is 13.0 Å². The Morgan fingerprint density at radius 1 is 1.35 bits per heavy atom. The Balaban J connectivity index is 2.32. The summed E-state index contributed by atoms with van der Waals surface area (Å²) in [7, 11) is 0. The maximum absolute atomic E-state index is 14.7. The van der Waals surface area contributed by atoms with Gasteiger partial charge in [-0.15, -0.1) is 0 Å². The highest BCUT2D eigenvalue weighted by molar-refractivity contribution is 5.87. The van der Waals surface area contributed by atoms with Gasteiger partial charge in [-0.1, -0.05) is 0 Å². The average molecular weight is 372 g/mol. The van der Waals surface area contributed by atoms with Crippen LogP contribution in [0.2, 0.25) is 0 Å². The van der Waals surface area contributed by atoms with Crippen molar-refractivity contribution in [3.8, 4) is 0 Å². The fourth-order valence-corrected chi connectivity index (χ4v) is 2.74. The van der Waals surface area contributed by atoms with Crippen LogP contribution in [0.3, 0.4) is 0 Å². The normalized spacial score (nSPS) is 29.1. The molecule has 0 bridgehead atoms. The van der Waals surface area contributed by atoms with Crippen LogP contribution in [0.15, 0.2) is 18.2 Å². The highest BCUT2D eigenvalue weighted by Gasteiger charge is 2.52. The van der Waals surface area contributed by atoms with E-state index < -0.39 is 47.2 Å². The summed E-state index contributed by atoms with van der Waals surface area (Å²) in [5.41, 5.74) is -4.90. The van der Waals surface area contributed by atoms with Gasteiger partial charge in [-0.25, -0.2) is 18.0 Å². The zero-order valence-electron chi connectivity index (χ0n) is 15.4. The van der Waals surface area contributed by atoms with Crippen molar-refractivity contribution in [2.45, 2.75) is 64.0 Å². The monoisotopic (exact) mass is 372 g/mol. The van der Waals surface area contributed by atoms with Crippen molar-refractivity contribution >= 4 is 17.7 Å². The van der Waals surface area contributed by atoms with E-state index >= 15 is 0 Å². The van der Waals surface area contributed by atoms with Crippen molar-refractivity contribution in [1.82, 2.24) is 5.32 Å². The first kappa shape index (κ1) is 20.1. The van der Waals surface area contributed by atoms with Gasteiger partial charge in [0.15, 0.2) is 5.67 Å². The minimum absolute atomic E-state index is 0.159. The van der Waals surface area contributed by atoms with Gasteiger partial charge in [-0.05, 0) is 52.8 Å². The van der Waals surface area contributed by atoms with E-state index in [1.807, 2.05) is 0 Å². The second-order valence-corrected chi connectivity index (χ2v) is 7.85. The van der Waals surface area contributed by atoms with Gasteiger partial charge in [0.1, 0.15) is 17.6 Å². The summed E-state index contributed by atoms with van der Waals surface area (Å²) >= 11 is 0. The van der Waals surface area contributed by atoms with Crippen molar-refractivity contribution in [3.63, 3.8) is 0 Å². The molecule has 2 rings (SSSR count). The Morgan fingerprint density at radius 2 is 1.96 bits per heavy atom. The number of amides is 2. The molecule has 1 aliphatic rings. The first-order valence-electron chi connectivity index (χ1n) is 8.20. The Bertz CT molecular complexity index is 731. The molecule has 144 valence electrons. The van der Waals surface area contributed by atoms with Crippen LogP contribution in [-0.4, -0.2) is 29.4 Å². The van der Waals surface area contributed by atoms with E-state index in [1.54, 1.807) is 20.8 Å². The number of anilines is 1. The molecule has 0 radical (unpaired) electrons. The Kier molecular flexibility index (Phi) is 5.00. The van der Waals surface area contributed by atoms with Gasteiger partial charge in [-0.2, -0.15) is 0 Å². The Hall–Kier alpha value is -2.25. The number of carbonyl (C=O) groups excluding carboxylic acids is 2. The van der Waals surface area contributed by atoms with Gasteiger partial charge in [0.25, 0.3) is 5.91 Å². The maximum Gasteiger partial charge on any atom is 0.412 e. The van der Waals surface area contributed by atoms with Gasteiger partial charge in [0.2, 0.25) is 0 Å². The molecule has 0 unspecified atom stereocenters. The molecule has 3 atom stereocenters. The molecular formula is C18H23F3N2O3. The van der Waals surface area contributed by atoms with Crippen molar-refractivity contribution in [3.05, 3.63) is 29.6 Å². The lowest BCUT2D eigenvalue weighted by Gasteiger charge is -2.42. The third kappa shape index (κ3) is 4.11. The van der Waals surface area contributed by atoms with E-state index in [1.165, 1.54) is 19.1 Å². The largest absolute Gasteiger partial charge is 0.444 e. The molecular weight excluding hydrogens is 349 g/mol. The number of hydrogen-bond donors (Lipinski definition) is 2. The molecule has 1 fully saturated rings. The minimum atomic E-state index is -2.37. The Labute approximate surface area is 150 Å². The predicted octanol–water partition coefficient (Wildman–Crippen LogP) is 3.97. The predicted molar refractivity (Wildman–Crippen MR) is 90.8 cm³/mol. The van der Waals surface area contributed by atoms with Gasteiger partial charge >= 0.3 is 6.09 Å². The Morgan fingerprint density at radius 3 is 2.54 bits per heavy atom. The molecule has 5 nitrogen and oxygen atoms in total.